The third-order valence-corrected chi connectivity index (χ3v) is 4.80. The van der Waals surface area contributed by atoms with Gasteiger partial charge in [0, 0.05) is 39.3 Å². The summed E-state index contributed by atoms with van der Waals surface area (Å²) in [6.45, 7) is 10.3. The summed E-state index contributed by atoms with van der Waals surface area (Å²) in [7, 11) is 0. The van der Waals surface area contributed by atoms with E-state index in [1.54, 1.807) is 0 Å². The lowest BCUT2D eigenvalue weighted by molar-refractivity contribution is 0.101. The number of benzene rings is 1. The highest BCUT2D eigenvalue weighted by Gasteiger charge is 2.21. The third-order valence-electron chi connectivity index (χ3n) is 4.80. The Balaban J connectivity index is 0.00000144. The van der Waals surface area contributed by atoms with Crippen LogP contribution in [0, 0.1) is 5.92 Å². The Morgan fingerprint density at radius 1 is 1.00 bits per heavy atom. The van der Waals surface area contributed by atoms with Gasteiger partial charge in [0.2, 0.25) is 0 Å². The zero-order chi connectivity index (χ0) is 15.0. The van der Waals surface area contributed by atoms with Gasteiger partial charge in [-0.2, -0.15) is 0 Å². The summed E-state index contributed by atoms with van der Waals surface area (Å²) >= 11 is 0. The van der Waals surface area contributed by atoms with Gasteiger partial charge in [-0.15, -0.1) is 24.8 Å². The zero-order valence-electron chi connectivity index (χ0n) is 14.4. The highest BCUT2D eigenvalue weighted by Crippen LogP contribution is 2.13. The molecular weight excluding hydrogens is 345 g/mol. The number of nitrogens with one attached hydrogen (secondary N) is 1. The SMILES string of the molecule is Cl.Cl.c1ccc(OCCN2CCN(CC3CCCNC3)CC2)cc1. The van der Waals surface area contributed by atoms with Crippen LogP contribution in [-0.2, 0) is 0 Å². The molecule has 3 rings (SSSR count). The van der Waals surface area contributed by atoms with Crippen molar-refractivity contribution in [1.82, 2.24) is 15.1 Å². The first-order valence-electron chi connectivity index (χ1n) is 8.73. The number of halogens is 2. The summed E-state index contributed by atoms with van der Waals surface area (Å²) < 4.78 is 5.79. The van der Waals surface area contributed by atoms with Crippen LogP contribution in [0.4, 0.5) is 0 Å². The second-order valence-corrected chi connectivity index (χ2v) is 6.52. The minimum Gasteiger partial charge on any atom is -0.492 e. The van der Waals surface area contributed by atoms with E-state index < -0.39 is 0 Å². The van der Waals surface area contributed by atoms with Crippen molar-refractivity contribution in [2.45, 2.75) is 12.8 Å². The predicted octanol–water partition coefficient (Wildman–Crippen LogP) is 2.53. The Kier molecular flexibility index (Phi) is 10.7. The molecule has 0 aliphatic carbocycles. The standard InChI is InChI=1S/C18H29N3O.2ClH/c1-2-6-18(7-3-1)22-14-13-20-9-11-21(12-10-20)16-17-5-4-8-19-15-17;;/h1-3,6-7,17,19H,4-5,8-16H2;2*1H. The number of piperazine rings is 1. The molecule has 0 saturated carbocycles. The highest BCUT2D eigenvalue weighted by molar-refractivity contribution is 5.85. The highest BCUT2D eigenvalue weighted by atomic mass is 35.5. The largest absolute Gasteiger partial charge is 0.492 e. The molecule has 2 aliphatic rings. The zero-order valence-corrected chi connectivity index (χ0v) is 16.0. The topological polar surface area (TPSA) is 27.7 Å². The van der Waals surface area contributed by atoms with Crippen LogP contribution in [0.1, 0.15) is 12.8 Å². The van der Waals surface area contributed by atoms with Crippen molar-refractivity contribution >= 4 is 24.8 Å². The molecule has 0 bridgehead atoms. The fourth-order valence-electron chi connectivity index (χ4n) is 3.45. The molecule has 1 aromatic carbocycles. The van der Waals surface area contributed by atoms with Crippen LogP contribution in [0.3, 0.4) is 0 Å². The van der Waals surface area contributed by atoms with E-state index in [1.807, 2.05) is 30.3 Å². The monoisotopic (exact) mass is 375 g/mol. The molecule has 1 aromatic rings. The average molecular weight is 376 g/mol. The van der Waals surface area contributed by atoms with E-state index in [9.17, 15) is 0 Å². The molecule has 2 aliphatic heterocycles. The normalized spacial score (nSPS) is 22.2. The van der Waals surface area contributed by atoms with Crippen molar-refractivity contribution in [3.05, 3.63) is 30.3 Å². The first-order valence-corrected chi connectivity index (χ1v) is 8.73. The number of piperidine rings is 1. The number of rotatable bonds is 6. The van der Waals surface area contributed by atoms with Gasteiger partial charge in [-0.25, -0.2) is 0 Å². The molecule has 1 N–H and O–H groups in total. The first-order chi connectivity index (χ1) is 10.9. The Morgan fingerprint density at radius 3 is 2.38 bits per heavy atom. The summed E-state index contributed by atoms with van der Waals surface area (Å²) in [5, 5.41) is 3.52. The Labute approximate surface area is 158 Å². The van der Waals surface area contributed by atoms with Crippen molar-refractivity contribution < 1.29 is 4.74 Å². The summed E-state index contributed by atoms with van der Waals surface area (Å²) in [5.74, 6) is 1.84. The van der Waals surface area contributed by atoms with E-state index in [0.717, 1.165) is 24.8 Å². The van der Waals surface area contributed by atoms with Gasteiger partial charge >= 0.3 is 0 Å². The second kappa shape index (κ2) is 11.9. The molecule has 24 heavy (non-hydrogen) atoms. The van der Waals surface area contributed by atoms with Crippen LogP contribution in [-0.4, -0.2) is 68.8 Å². The smallest absolute Gasteiger partial charge is 0.119 e. The van der Waals surface area contributed by atoms with Gasteiger partial charge in [-0.1, -0.05) is 18.2 Å². The molecule has 2 fully saturated rings. The molecule has 138 valence electrons. The van der Waals surface area contributed by atoms with Crippen LogP contribution in [0.5, 0.6) is 5.75 Å². The summed E-state index contributed by atoms with van der Waals surface area (Å²) in [5.41, 5.74) is 0. The average Bonchev–Trinajstić information content (AvgIpc) is 2.58. The summed E-state index contributed by atoms with van der Waals surface area (Å²) in [4.78, 5) is 5.17. The van der Waals surface area contributed by atoms with Gasteiger partial charge < -0.3 is 15.0 Å². The van der Waals surface area contributed by atoms with Gasteiger partial charge in [0.15, 0.2) is 0 Å². The van der Waals surface area contributed by atoms with Crippen LogP contribution >= 0.6 is 24.8 Å². The minimum absolute atomic E-state index is 0. The maximum absolute atomic E-state index is 5.79. The van der Waals surface area contributed by atoms with Crippen molar-refractivity contribution in [1.29, 1.82) is 0 Å². The number of para-hydroxylation sites is 1. The Bertz CT molecular complexity index is 422. The molecule has 0 amide bonds. The van der Waals surface area contributed by atoms with E-state index in [1.165, 1.54) is 58.7 Å². The molecule has 6 heteroatoms. The van der Waals surface area contributed by atoms with Gasteiger partial charge in [-0.05, 0) is 44.0 Å². The first kappa shape index (κ1) is 21.5. The lowest BCUT2D eigenvalue weighted by Crippen LogP contribution is -2.49. The van der Waals surface area contributed by atoms with E-state index in [-0.39, 0.29) is 24.8 Å². The van der Waals surface area contributed by atoms with Crippen LogP contribution < -0.4 is 10.1 Å². The van der Waals surface area contributed by atoms with Gasteiger partial charge in [0.1, 0.15) is 12.4 Å². The summed E-state index contributed by atoms with van der Waals surface area (Å²) in [6, 6.07) is 10.1. The molecule has 2 saturated heterocycles. The van der Waals surface area contributed by atoms with Gasteiger partial charge in [0.25, 0.3) is 0 Å². The molecule has 0 spiro atoms. The summed E-state index contributed by atoms with van der Waals surface area (Å²) in [6.07, 6.45) is 2.75. The predicted molar refractivity (Wildman–Crippen MR) is 105 cm³/mol. The van der Waals surface area contributed by atoms with Gasteiger partial charge in [0.05, 0.1) is 0 Å². The molecule has 2 heterocycles. The molecule has 1 atom stereocenters. The van der Waals surface area contributed by atoms with Crippen molar-refractivity contribution in [2.24, 2.45) is 5.92 Å². The van der Waals surface area contributed by atoms with Gasteiger partial charge in [-0.3, -0.25) is 4.90 Å². The quantitative estimate of drug-likeness (QED) is 0.826. The van der Waals surface area contributed by atoms with Crippen LogP contribution in [0.2, 0.25) is 0 Å². The lowest BCUT2D eigenvalue weighted by atomic mass is 9.99. The number of nitrogens with zero attached hydrogens (tertiary/aromatic N) is 2. The van der Waals surface area contributed by atoms with E-state index in [0.29, 0.717) is 0 Å². The fraction of sp³-hybridized carbons (Fsp3) is 0.667. The fourth-order valence-corrected chi connectivity index (χ4v) is 3.45. The second-order valence-electron chi connectivity index (χ2n) is 6.52. The molecule has 1 unspecified atom stereocenters. The Hall–Kier alpha value is -0.520. The molecule has 4 nitrogen and oxygen atoms in total. The maximum atomic E-state index is 5.79. The van der Waals surface area contributed by atoms with E-state index in [2.05, 4.69) is 15.1 Å². The van der Waals surface area contributed by atoms with Crippen LogP contribution in [0.15, 0.2) is 30.3 Å². The third kappa shape index (κ3) is 7.16. The minimum atomic E-state index is 0. The maximum Gasteiger partial charge on any atom is 0.119 e. The lowest BCUT2D eigenvalue weighted by Gasteiger charge is -2.37. The van der Waals surface area contributed by atoms with Crippen molar-refractivity contribution in [2.75, 3.05) is 59.0 Å². The number of ether oxygens (including phenoxy) is 1. The molecule has 0 aromatic heterocycles. The Morgan fingerprint density at radius 2 is 1.71 bits per heavy atom. The van der Waals surface area contributed by atoms with Crippen molar-refractivity contribution in [3.8, 4) is 5.75 Å². The van der Waals surface area contributed by atoms with E-state index >= 15 is 0 Å². The van der Waals surface area contributed by atoms with Crippen LogP contribution in [0.25, 0.3) is 0 Å². The van der Waals surface area contributed by atoms with E-state index in [4.69, 9.17) is 4.74 Å². The number of hydrogen-bond donors (Lipinski definition) is 1. The molecular formula is C18H31Cl2N3O. The molecule has 0 radical (unpaired) electrons. The van der Waals surface area contributed by atoms with Crippen molar-refractivity contribution in [3.63, 3.8) is 0 Å². The number of hydrogen-bond acceptors (Lipinski definition) is 4.